The van der Waals surface area contributed by atoms with Gasteiger partial charge in [0.15, 0.2) is 0 Å². The number of β-amino-alcohol motifs (C(OH)–C–C–N with tert-alkyl or cyclic N) is 1. The van der Waals surface area contributed by atoms with Gasteiger partial charge in [0.1, 0.15) is 11.6 Å². The van der Waals surface area contributed by atoms with Gasteiger partial charge in [-0.1, -0.05) is 6.07 Å². The van der Waals surface area contributed by atoms with Crippen LogP contribution in [-0.2, 0) is 4.74 Å². The Bertz CT molecular complexity index is 369. The predicted octanol–water partition coefficient (Wildman–Crippen LogP) is -0.231. The fraction of sp³-hybridized carbons (Fsp3) is 0.583. The van der Waals surface area contributed by atoms with Crippen molar-refractivity contribution in [1.29, 1.82) is 0 Å². The van der Waals surface area contributed by atoms with Gasteiger partial charge in [0, 0.05) is 26.2 Å². The number of nitrogens with one attached hydrogen (secondary N) is 1. The number of aliphatic hydroxyl groups excluding tert-OH is 1. The van der Waals surface area contributed by atoms with Crippen molar-refractivity contribution in [2.75, 3.05) is 50.4 Å². The Morgan fingerprint density at radius 1 is 1.44 bits per heavy atom. The summed E-state index contributed by atoms with van der Waals surface area (Å²) in [5.41, 5.74) is 5.58. The lowest BCUT2D eigenvalue weighted by Gasteiger charge is -2.28. The second-order valence-corrected chi connectivity index (χ2v) is 4.40. The lowest BCUT2D eigenvalue weighted by atomic mass is 10.3. The van der Waals surface area contributed by atoms with Crippen LogP contribution in [-0.4, -0.2) is 60.5 Å². The molecule has 1 saturated heterocycles. The van der Waals surface area contributed by atoms with Gasteiger partial charge in [0.05, 0.1) is 19.3 Å². The highest BCUT2D eigenvalue weighted by Crippen LogP contribution is 2.06. The summed E-state index contributed by atoms with van der Waals surface area (Å²) in [6.07, 6.45) is -0.425. The minimum atomic E-state index is -0.425. The zero-order valence-electron chi connectivity index (χ0n) is 10.4. The summed E-state index contributed by atoms with van der Waals surface area (Å²) in [6, 6.07) is 5.40. The Kier molecular flexibility index (Phi) is 4.74. The van der Waals surface area contributed by atoms with E-state index in [1.54, 1.807) is 6.07 Å². The Hall–Kier alpha value is -1.37. The second kappa shape index (κ2) is 6.53. The number of anilines is 2. The van der Waals surface area contributed by atoms with E-state index in [1.807, 2.05) is 12.1 Å². The summed E-state index contributed by atoms with van der Waals surface area (Å²) < 4.78 is 5.26. The molecule has 18 heavy (non-hydrogen) atoms. The minimum Gasteiger partial charge on any atom is -0.390 e. The SMILES string of the molecule is Nc1cccc(NCC(O)CN2CCOCC2)n1. The van der Waals surface area contributed by atoms with Crippen LogP contribution in [0.1, 0.15) is 0 Å². The fourth-order valence-electron chi connectivity index (χ4n) is 1.92. The number of hydrogen-bond acceptors (Lipinski definition) is 6. The molecule has 1 atom stereocenters. The molecule has 1 aliphatic heterocycles. The average molecular weight is 252 g/mol. The molecule has 1 fully saturated rings. The van der Waals surface area contributed by atoms with Gasteiger partial charge >= 0.3 is 0 Å². The van der Waals surface area contributed by atoms with Crippen molar-refractivity contribution in [3.05, 3.63) is 18.2 Å². The van der Waals surface area contributed by atoms with Crippen LogP contribution in [0.15, 0.2) is 18.2 Å². The highest BCUT2D eigenvalue weighted by molar-refractivity contribution is 5.42. The Balaban J connectivity index is 1.72. The summed E-state index contributed by atoms with van der Waals surface area (Å²) in [6.45, 7) is 4.38. The molecule has 1 unspecified atom stereocenters. The number of pyridine rings is 1. The smallest absolute Gasteiger partial charge is 0.128 e. The van der Waals surface area contributed by atoms with Gasteiger partial charge in [0.25, 0.3) is 0 Å². The van der Waals surface area contributed by atoms with Crippen molar-refractivity contribution in [2.45, 2.75) is 6.10 Å². The van der Waals surface area contributed by atoms with E-state index in [1.165, 1.54) is 0 Å². The lowest BCUT2D eigenvalue weighted by molar-refractivity contribution is 0.0171. The monoisotopic (exact) mass is 252 g/mol. The van der Waals surface area contributed by atoms with E-state index in [0.717, 1.165) is 26.3 Å². The average Bonchev–Trinajstić information content (AvgIpc) is 2.38. The van der Waals surface area contributed by atoms with E-state index in [-0.39, 0.29) is 0 Å². The van der Waals surface area contributed by atoms with Crippen LogP contribution < -0.4 is 11.1 Å². The number of nitrogens with zero attached hydrogens (tertiary/aromatic N) is 2. The fourth-order valence-corrected chi connectivity index (χ4v) is 1.92. The standard InChI is InChI=1S/C12H20N4O2/c13-11-2-1-3-12(15-11)14-8-10(17)9-16-4-6-18-7-5-16/h1-3,10,17H,4-9H2,(H3,13,14,15). The largest absolute Gasteiger partial charge is 0.390 e. The molecule has 1 aliphatic rings. The predicted molar refractivity (Wildman–Crippen MR) is 70.4 cm³/mol. The van der Waals surface area contributed by atoms with Gasteiger partial charge < -0.3 is 20.9 Å². The molecule has 100 valence electrons. The first-order valence-corrected chi connectivity index (χ1v) is 6.18. The van der Waals surface area contributed by atoms with E-state index >= 15 is 0 Å². The highest BCUT2D eigenvalue weighted by Gasteiger charge is 2.14. The number of ether oxygens (including phenoxy) is 1. The van der Waals surface area contributed by atoms with Crippen molar-refractivity contribution in [2.24, 2.45) is 0 Å². The van der Waals surface area contributed by atoms with Gasteiger partial charge in [-0.2, -0.15) is 0 Å². The zero-order valence-corrected chi connectivity index (χ0v) is 10.4. The third kappa shape index (κ3) is 4.14. The minimum absolute atomic E-state index is 0.425. The first-order chi connectivity index (χ1) is 8.74. The van der Waals surface area contributed by atoms with Crippen molar-refractivity contribution in [3.8, 4) is 0 Å². The molecule has 2 heterocycles. The molecule has 0 spiro atoms. The first kappa shape index (κ1) is 13.1. The van der Waals surface area contributed by atoms with Crippen LogP contribution in [0.5, 0.6) is 0 Å². The van der Waals surface area contributed by atoms with Crippen molar-refractivity contribution in [1.82, 2.24) is 9.88 Å². The van der Waals surface area contributed by atoms with Gasteiger partial charge in [-0.3, -0.25) is 4.90 Å². The van der Waals surface area contributed by atoms with Crippen molar-refractivity contribution >= 4 is 11.6 Å². The summed E-state index contributed by atoms with van der Waals surface area (Å²) in [5.74, 6) is 1.17. The van der Waals surface area contributed by atoms with E-state index in [2.05, 4.69) is 15.2 Å². The molecule has 1 aromatic heterocycles. The molecule has 0 saturated carbocycles. The van der Waals surface area contributed by atoms with Crippen LogP contribution >= 0.6 is 0 Å². The summed E-state index contributed by atoms with van der Waals surface area (Å²) in [5, 5.41) is 13.0. The summed E-state index contributed by atoms with van der Waals surface area (Å²) in [4.78, 5) is 6.31. The molecule has 1 aromatic rings. The van der Waals surface area contributed by atoms with Crippen LogP contribution in [0, 0.1) is 0 Å². The molecule has 6 nitrogen and oxygen atoms in total. The third-order valence-corrected chi connectivity index (χ3v) is 2.86. The maximum atomic E-state index is 9.93. The van der Waals surface area contributed by atoms with Crippen LogP contribution in [0.4, 0.5) is 11.6 Å². The number of nitrogen functional groups attached to an aromatic ring is 1. The van der Waals surface area contributed by atoms with E-state index in [4.69, 9.17) is 10.5 Å². The molecule has 0 aromatic carbocycles. The van der Waals surface area contributed by atoms with Crippen molar-refractivity contribution in [3.63, 3.8) is 0 Å². The van der Waals surface area contributed by atoms with Gasteiger partial charge in [-0.25, -0.2) is 4.98 Å². The molecule has 6 heteroatoms. The molecule has 0 radical (unpaired) electrons. The summed E-state index contributed by atoms with van der Waals surface area (Å²) >= 11 is 0. The maximum absolute atomic E-state index is 9.93. The molecule has 0 bridgehead atoms. The van der Waals surface area contributed by atoms with Gasteiger partial charge in [0.2, 0.25) is 0 Å². The Morgan fingerprint density at radius 3 is 2.94 bits per heavy atom. The quantitative estimate of drug-likeness (QED) is 0.671. The topological polar surface area (TPSA) is 83.6 Å². The van der Waals surface area contributed by atoms with Gasteiger partial charge in [-0.15, -0.1) is 0 Å². The van der Waals surface area contributed by atoms with Crippen LogP contribution in [0.25, 0.3) is 0 Å². The van der Waals surface area contributed by atoms with Crippen LogP contribution in [0.2, 0.25) is 0 Å². The summed E-state index contributed by atoms with van der Waals surface area (Å²) in [7, 11) is 0. The van der Waals surface area contributed by atoms with E-state index < -0.39 is 6.10 Å². The number of nitrogens with two attached hydrogens (primary N) is 1. The number of rotatable bonds is 5. The normalized spacial score (nSPS) is 18.5. The van der Waals surface area contributed by atoms with E-state index in [9.17, 15) is 5.11 Å². The Morgan fingerprint density at radius 2 is 2.22 bits per heavy atom. The molecular weight excluding hydrogens is 232 g/mol. The number of morpholine rings is 1. The molecule has 2 rings (SSSR count). The number of aliphatic hydroxyl groups is 1. The Labute approximate surface area is 107 Å². The molecule has 4 N–H and O–H groups in total. The maximum Gasteiger partial charge on any atom is 0.128 e. The third-order valence-electron chi connectivity index (χ3n) is 2.86. The van der Waals surface area contributed by atoms with Crippen molar-refractivity contribution < 1.29 is 9.84 Å². The molecular formula is C12H20N4O2. The second-order valence-electron chi connectivity index (χ2n) is 4.40. The van der Waals surface area contributed by atoms with E-state index in [0.29, 0.717) is 24.7 Å². The van der Waals surface area contributed by atoms with Gasteiger partial charge in [-0.05, 0) is 12.1 Å². The first-order valence-electron chi connectivity index (χ1n) is 6.18. The number of aromatic nitrogens is 1. The lowest BCUT2D eigenvalue weighted by Crippen LogP contribution is -2.42. The highest BCUT2D eigenvalue weighted by atomic mass is 16.5. The number of hydrogen-bond donors (Lipinski definition) is 3. The molecule has 0 aliphatic carbocycles. The zero-order chi connectivity index (χ0) is 12.8. The molecule has 0 amide bonds. The van der Waals surface area contributed by atoms with Crippen LogP contribution in [0.3, 0.4) is 0 Å².